The Kier molecular flexibility index (Phi) is 5.98. The summed E-state index contributed by atoms with van der Waals surface area (Å²) in [6.07, 6.45) is 1.17. The summed E-state index contributed by atoms with van der Waals surface area (Å²) in [7, 11) is 0. The fraction of sp³-hybridized carbons (Fsp3) is 0.150. The van der Waals surface area contributed by atoms with E-state index in [1.807, 2.05) is 19.1 Å². The molecule has 1 N–H and O–H groups in total. The number of carbonyl (C=O) groups excluding carboxylic acids is 1. The second-order valence-electron chi connectivity index (χ2n) is 5.97. The van der Waals surface area contributed by atoms with Crippen molar-refractivity contribution in [3.8, 4) is 11.6 Å². The number of hydrogen-bond acceptors (Lipinski definition) is 8. The number of esters is 1. The molecule has 0 saturated heterocycles. The van der Waals surface area contributed by atoms with Gasteiger partial charge in [-0.1, -0.05) is 17.7 Å². The molecule has 0 radical (unpaired) electrons. The van der Waals surface area contributed by atoms with Crippen LogP contribution in [0.25, 0.3) is 0 Å². The van der Waals surface area contributed by atoms with Crippen LogP contribution < -0.4 is 10.1 Å². The Morgan fingerprint density at radius 2 is 1.79 bits per heavy atom. The minimum absolute atomic E-state index is 0.0315. The number of carbonyl (C=O) groups is 1. The molecule has 1 heterocycles. The van der Waals surface area contributed by atoms with E-state index >= 15 is 0 Å². The van der Waals surface area contributed by atoms with Gasteiger partial charge in [-0.15, -0.1) is 0 Å². The molecule has 3 aromatic rings. The van der Waals surface area contributed by atoms with Gasteiger partial charge in [0.2, 0.25) is 5.82 Å². The Labute approximate surface area is 166 Å². The smallest absolute Gasteiger partial charge is 0.373 e. The Hall–Kier alpha value is -4.01. The molecule has 0 saturated carbocycles. The van der Waals surface area contributed by atoms with Crippen LogP contribution in [0.3, 0.4) is 0 Å². The number of hydrogen-bond donors (Lipinski definition) is 1. The first-order valence-electron chi connectivity index (χ1n) is 8.76. The highest BCUT2D eigenvalue weighted by Crippen LogP contribution is 2.35. The number of benzene rings is 2. The molecule has 0 aliphatic carbocycles. The zero-order chi connectivity index (χ0) is 20.8. The molecule has 148 valence electrons. The van der Waals surface area contributed by atoms with Gasteiger partial charge in [-0.25, -0.2) is 9.78 Å². The van der Waals surface area contributed by atoms with Gasteiger partial charge in [0.15, 0.2) is 0 Å². The van der Waals surface area contributed by atoms with E-state index in [1.165, 1.54) is 6.33 Å². The van der Waals surface area contributed by atoms with Crippen LogP contribution in [0.15, 0.2) is 54.9 Å². The number of aryl methyl sites for hydroxylation is 1. The van der Waals surface area contributed by atoms with E-state index in [0.29, 0.717) is 17.0 Å². The molecule has 9 nitrogen and oxygen atoms in total. The second kappa shape index (κ2) is 8.79. The highest BCUT2D eigenvalue weighted by atomic mass is 16.6. The summed E-state index contributed by atoms with van der Waals surface area (Å²) in [6.45, 7) is 3.92. The lowest BCUT2D eigenvalue weighted by Gasteiger charge is -2.10. The van der Waals surface area contributed by atoms with Crippen LogP contribution in [0.1, 0.15) is 22.8 Å². The van der Waals surface area contributed by atoms with Crippen molar-refractivity contribution in [3.63, 3.8) is 0 Å². The van der Waals surface area contributed by atoms with Crippen molar-refractivity contribution >= 4 is 23.2 Å². The summed E-state index contributed by atoms with van der Waals surface area (Å²) in [5.41, 5.74) is 1.50. The van der Waals surface area contributed by atoms with Crippen molar-refractivity contribution in [3.05, 3.63) is 76.1 Å². The molecule has 1 aromatic heterocycles. The molecule has 0 amide bonds. The summed E-state index contributed by atoms with van der Waals surface area (Å²) in [5, 5.41) is 14.5. The number of anilines is 2. The van der Waals surface area contributed by atoms with E-state index in [-0.39, 0.29) is 18.3 Å². The molecule has 9 heteroatoms. The van der Waals surface area contributed by atoms with Gasteiger partial charge in [0.05, 0.1) is 17.1 Å². The molecule has 0 fully saturated rings. The minimum Gasteiger partial charge on any atom is -0.462 e. The quantitative estimate of drug-likeness (QED) is 0.356. The predicted molar refractivity (Wildman–Crippen MR) is 106 cm³/mol. The first-order valence-corrected chi connectivity index (χ1v) is 8.76. The molecule has 0 spiro atoms. The third kappa shape index (κ3) is 4.83. The molecule has 0 atom stereocenters. The number of ether oxygens (including phenoxy) is 2. The van der Waals surface area contributed by atoms with Crippen molar-refractivity contribution in [2.75, 3.05) is 11.9 Å². The Morgan fingerprint density at radius 3 is 2.41 bits per heavy atom. The number of nitrogens with one attached hydrogen (secondary N) is 1. The van der Waals surface area contributed by atoms with Crippen LogP contribution in [-0.4, -0.2) is 27.5 Å². The maximum atomic E-state index is 11.7. The fourth-order valence-electron chi connectivity index (χ4n) is 2.45. The van der Waals surface area contributed by atoms with Crippen molar-refractivity contribution < 1.29 is 19.2 Å². The summed E-state index contributed by atoms with van der Waals surface area (Å²) in [4.78, 5) is 30.6. The number of nitrogens with zero attached hydrogens (tertiary/aromatic N) is 3. The van der Waals surface area contributed by atoms with Gasteiger partial charge in [-0.05, 0) is 50.2 Å². The average molecular weight is 394 g/mol. The SMILES string of the molecule is CCOC(=O)c1ccc(Nc2ncnc(Oc3ccc(C)cc3)c2[N+](=O)[O-])cc1. The molecule has 2 aromatic carbocycles. The largest absolute Gasteiger partial charge is 0.462 e. The van der Waals surface area contributed by atoms with Gasteiger partial charge in [0.1, 0.15) is 12.1 Å². The first kappa shape index (κ1) is 19.7. The van der Waals surface area contributed by atoms with Gasteiger partial charge in [-0.3, -0.25) is 10.1 Å². The van der Waals surface area contributed by atoms with Crippen LogP contribution in [0, 0.1) is 17.0 Å². The fourth-order valence-corrected chi connectivity index (χ4v) is 2.45. The van der Waals surface area contributed by atoms with Crippen molar-refractivity contribution in [1.82, 2.24) is 9.97 Å². The average Bonchev–Trinajstić information content (AvgIpc) is 2.70. The highest BCUT2D eigenvalue weighted by molar-refractivity contribution is 5.90. The number of aromatic nitrogens is 2. The van der Waals surface area contributed by atoms with Crippen LogP contribution >= 0.6 is 0 Å². The van der Waals surface area contributed by atoms with Crippen molar-refractivity contribution in [2.24, 2.45) is 0 Å². The van der Waals surface area contributed by atoms with E-state index in [0.717, 1.165) is 5.56 Å². The molecule has 0 unspecified atom stereocenters. The van der Waals surface area contributed by atoms with E-state index in [4.69, 9.17) is 9.47 Å². The third-order valence-electron chi connectivity index (χ3n) is 3.87. The zero-order valence-electron chi connectivity index (χ0n) is 15.8. The molecule has 29 heavy (non-hydrogen) atoms. The predicted octanol–water partition coefficient (Wildman–Crippen LogP) is 4.41. The molecular formula is C20H18N4O5. The van der Waals surface area contributed by atoms with Gasteiger partial charge in [-0.2, -0.15) is 4.98 Å². The van der Waals surface area contributed by atoms with E-state index in [2.05, 4.69) is 15.3 Å². The summed E-state index contributed by atoms with van der Waals surface area (Å²) >= 11 is 0. The summed E-state index contributed by atoms with van der Waals surface area (Å²) in [6, 6.07) is 13.3. The monoisotopic (exact) mass is 394 g/mol. The standard InChI is InChI=1S/C20H18N4O5/c1-3-28-20(25)14-6-8-15(9-7-14)23-18-17(24(26)27)19(22-12-21-18)29-16-10-4-13(2)5-11-16/h4-12H,3H2,1-2H3,(H,21,22,23). The van der Waals surface area contributed by atoms with E-state index < -0.39 is 16.6 Å². The van der Waals surface area contributed by atoms with Crippen LogP contribution in [0.4, 0.5) is 17.2 Å². The number of rotatable bonds is 7. The van der Waals surface area contributed by atoms with E-state index in [9.17, 15) is 14.9 Å². The minimum atomic E-state index is -0.612. The van der Waals surface area contributed by atoms with Crippen LogP contribution in [-0.2, 0) is 4.74 Å². The third-order valence-corrected chi connectivity index (χ3v) is 3.87. The van der Waals surface area contributed by atoms with Gasteiger partial charge in [0, 0.05) is 5.69 Å². The van der Waals surface area contributed by atoms with Crippen LogP contribution in [0.2, 0.25) is 0 Å². The first-order chi connectivity index (χ1) is 14.0. The van der Waals surface area contributed by atoms with Crippen molar-refractivity contribution in [1.29, 1.82) is 0 Å². The number of nitro groups is 1. The Morgan fingerprint density at radius 1 is 1.10 bits per heavy atom. The maximum Gasteiger partial charge on any atom is 0.373 e. The van der Waals surface area contributed by atoms with E-state index in [1.54, 1.807) is 43.3 Å². The Balaban J connectivity index is 1.86. The maximum absolute atomic E-state index is 11.7. The van der Waals surface area contributed by atoms with Crippen LogP contribution in [0.5, 0.6) is 11.6 Å². The van der Waals surface area contributed by atoms with Gasteiger partial charge < -0.3 is 14.8 Å². The van der Waals surface area contributed by atoms with Crippen molar-refractivity contribution in [2.45, 2.75) is 13.8 Å². The lowest BCUT2D eigenvalue weighted by atomic mass is 10.2. The highest BCUT2D eigenvalue weighted by Gasteiger charge is 2.25. The molecule has 0 aliphatic rings. The Bertz CT molecular complexity index is 1020. The molecule has 0 aliphatic heterocycles. The lowest BCUT2D eigenvalue weighted by Crippen LogP contribution is -2.05. The normalized spacial score (nSPS) is 10.3. The second-order valence-corrected chi connectivity index (χ2v) is 5.97. The topological polar surface area (TPSA) is 116 Å². The summed E-state index contributed by atoms with van der Waals surface area (Å²) in [5.74, 6) is -0.238. The van der Waals surface area contributed by atoms with Gasteiger partial charge in [0.25, 0.3) is 0 Å². The summed E-state index contributed by atoms with van der Waals surface area (Å²) < 4.78 is 10.5. The molecule has 3 rings (SSSR count). The zero-order valence-corrected chi connectivity index (χ0v) is 15.8. The molecule has 0 bridgehead atoms. The van der Waals surface area contributed by atoms with Gasteiger partial charge >= 0.3 is 17.5 Å². The molecular weight excluding hydrogens is 376 g/mol. The lowest BCUT2D eigenvalue weighted by molar-refractivity contribution is -0.385.